The van der Waals surface area contributed by atoms with E-state index in [9.17, 15) is 4.79 Å². The average Bonchev–Trinajstić information content (AvgIpc) is 2.26. The second kappa shape index (κ2) is 10.4. The van der Waals surface area contributed by atoms with Crippen LogP contribution in [-0.4, -0.2) is 49.8 Å². The van der Waals surface area contributed by atoms with Gasteiger partial charge < -0.3 is 22.1 Å². The molecule has 0 aliphatic carbocycles. The summed E-state index contributed by atoms with van der Waals surface area (Å²) in [6, 6.07) is 0. The van der Waals surface area contributed by atoms with Gasteiger partial charge in [-0.3, -0.25) is 9.69 Å². The molecule has 0 atom stereocenters. The number of rotatable bonds is 4. The summed E-state index contributed by atoms with van der Waals surface area (Å²) in [4.78, 5) is 13.9. The first kappa shape index (κ1) is 15.8. The lowest BCUT2D eigenvalue weighted by atomic mass is 10.4. The number of hydrogen-bond donors (Lipinski definition) is 3. The van der Waals surface area contributed by atoms with Gasteiger partial charge in [-0.1, -0.05) is 6.92 Å². The van der Waals surface area contributed by atoms with Crippen molar-refractivity contribution in [2.75, 3.05) is 34.1 Å². The van der Waals surface area contributed by atoms with Crippen LogP contribution in [0.25, 0.3) is 0 Å². The Balaban J connectivity index is 0. The maximum atomic E-state index is 10.6. The molecule has 0 spiro atoms. The molecule has 6 nitrogen and oxygen atoms in total. The third-order valence-electron chi connectivity index (χ3n) is 1.63. The second-order valence-corrected chi connectivity index (χ2v) is 2.85. The monoisotopic (exact) mass is 205 g/mol. The Morgan fingerprint density at radius 2 is 1.50 bits per heavy atom. The summed E-state index contributed by atoms with van der Waals surface area (Å²) in [7, 11) is 3.55. The van der Waals surface area contributed by atoms with Crippen molar-refractivity contribution in [1.82, 2.24) is 9.80 Å². The van der Waals surface area contributed by atoms with E-state index in [1.807, 2.05) is 14.0 Å². The van der Waals surface area contributed by atoms with E-state index in [4.69, 9.17) is 17.2 Å². The van der Waals surface area contributed by atoms with E-state index in [-0.39, 0.29) is 5.91 Å². The van der Waals surface area contributed by atoms with Gasteiger partial charge in [0.15, 0.2) is 0 Å². The number of carbonyl (C=O) groups excluding carboxylic acids is 1. The Morgan fingerprint density at radius 1 is 1.07 bits per heavy atom. The number of carbonyl (C=O) groups is 1. The van der Waals surface area contributed by atoms with Crippen LogP contribution in [0, 0.1) is 0 Å². The number of hydrogen-bond acceptors (Lipinski definition) is 5. The van der Waals surface area contributed by atoms with Gasteiger partial charge in [0.1, 0.15) is 0 Å². The van der Waals surface area contributed by atoms with Crippen molar-refractivity contribution < 1.29 is 4.79 Å². The van der Waals surface area contributed by atoms with Crippen LogP contribution in [0.5, 0.6) is 0 Å². The van der Waals surface area contributed by atoms with E-state index in [0.29, 0.717) is 26.4 Å². The lowest BCUT2D eigenvalue weighted by Crippen LogP contribution is -2.31. The van der Waals surface area contributed by atoms with Gasteiger partial charge in [-0.25, -0.2) is 0 Å². The van der Waals surface area contributed by atoms with Crippen molar-refractivity contribution in [1.29, 1.82) is 0 Å². The lowest BCUT2D eigenvalue weighted by Gasteiger charge is -2.11. The van der Waals surface area contributed by atoms with Crippen molar-refractivity contribution in [3.05, 3.63) is 0 Å². The average molecular weight is 205 g/mol. The molecule has 0 saturated heterocycles. The highest BCUT2D eigenvalue weighted by molar-refractivity contribution is 5.75. The van der Waals surface area contributed by atoms with Crippen molar-refractivity contribution >= 4 is 5.91 Å². The molecule has 0 aromatic heterocycles. The molecule has 6 N–H and O–H groups in total. The normalized spacial score (nSPS) is 9.36. The van der Waals surface area contributed by atoms with E-state index in [0.717, 1.165) is 0 Å². The van der Waals surface area contributed by atoms with Crippen LogP contribution in [-0.2, 0) is 4.79 Å². The Bertz CT molecular complexity index is 138. The summed E-state index contributed by atoms with van der Waals surface area (Å²) in [6.45, 7) is 3.20. The van der Waals surface area contributed by atoms with Crippen molar-refractivity contribution in [3.8, 4) is 0 Å². The molecular formula is C8H23N5O. The third kappa shape index (κ3) is 9.40. The first-order valence-electron chi connectivity index (χ1n) is 4.56. The molecule has 0 heterocycles. The van der Waals surface area contributed by atoms with Crippen LogP contribution in [0.4, 0.5) is 0 Å². The van der Waals surface area contributed by atoms with Crippen molar-refractivity contribution in [3.63, 3.8) is 0 Å². The van der Waals surface area contributed by atoms with Gasteiger partial charge in [0.25, 0.3) is 0 Å². The summed E-state index contributed by atoms with van der Waals surface area (Å²) in [6.07, 6.45) is 0.535. The highest BCUT2D eigenvalue weighted by Crippen LogP contribution is 1.83. The zero-order valence-electron chi connectivity index (χ0n) is 9.36. The molecule has 86 valence electrons. The predicted octanol–water partition coefficient (Wildman–Crippen LogP) is -1.48. The van der Waals surface area contributed by atoms with E-state index in [1.54, 1.807) is 11.9 Å². The Kier molecular flexibility index (Phi) is 11.7. The molecule has 0 aromatic rings. The van der Waals surface area contributed by atoms with Crippen molar-refractivity contribution in [2.45, 2.75) is 13.3 Å². The maximum Gasteiger partial charge on any atom is 0.223 e. The fraction of sp³-hybridized carbons (Fsp3) is 0.875. The van der Waals surface area contributed by atoms with Crippen LogP contribution in [0.3, 0.4) is 0 Å². The summed E-state index contributed by atoms with van der Waals surface area (Å²) >= 11 is 0. The minimum absolute atomic E-state index is 0.0903. The lowest BCUT2D eigenvalue weighted by molar-refractivity contribution is -0.129. The molecule has 0 aliphatic heterocycles. The van der Waals surface area contributed by atoms with E-state index in [1.165, 1.54) is 4.90 Å². The van der Waals surface area contributed by atoms with Crippen LogP contribution < -0.4 is 17.2 Å². The standard InChI is InChI=1S/C5H12N2O.C3H11N3/c1-3-5(8)7(2)4-6;1-6(2-4)3-5/h3-4,6H2,1-2H3;2-5H2,1H3. The second-order valence-electron chi connectivity index (χ2n) is 2.85. The molecular weight excluding hydrogens is 182 g/mol. The van der Waals surface area contributed by atoms with Gasteiger partial charge in [-0.05, 0) is 7.05 Å². The highest BCUT2D eigenvalue weighted by Gasteiger charge is 1.99. The van der Waals surface area contributed by atoms with Gasteiger partial charge >= 0.3 is 0 Å². The third-order valence-corrected chi connectivity index (χ3v) is 1.63. The first-order valence-corrected chi connectivity index (χ1v) is 4.56. The molecule has 0 aromatic carbocycles. The number of nitrogens with zero attached hydrogens (tertiary/aromatic N) is 2. The summed E-state index contributed by atoms with van der Waals surface area (Å²) < 4.78 is 0. The highest BCUT2D eigenvalue weighted by atomic mass is 16.2. The van der Waals surface area contributed by atoms with Crippen LogP contribution in [0.15, 0.2) is 0 Å². The summed E-state index contributed by atoms with van der Waals surface area (Å²) in [5.41, 5.74) is 15.4. The molecule has 0 saturated carbocycles. The zero-order chi connectivity index (χ0) is 11.6. The number of amides is 1. The molecule has 0 unspecified atom stereocenters. The summed E-state index contributed by atoms with van der Waals surface area (Å²) in [5, 5.41) is 0. The summed E-state index contributed by atoms with van der Waals surface area (Å²) in [5.74, 6) is 0.0903. The maximum absolute atomic E-state index is 10.6. The van der Waals surface area contributed by atoms with E-state index < -0.39 is 0 Å². The molecule has 6 heteroatoms. The fourth-order valence-corrected chi connectivity index (χ4v) is 0.446. The molecule has 0 radical (unpaired) electrons. The SMILES string of the molecule is CCC(=O)N(C)CN.CN(CN)CN. The molecule has 0 rings (SSSR count). The molecule has 1 amide bonds. The smallest absolute Gasteiger partial charge is 0.223 e. The Morgan fingerprint density at radius 3 is 1.57 bits per heavy atom. The van der Waals surface area contributed by atoms with Gasteiger partial charge in [0.05, 0.1) is 6.67 Å². The minimum Gasteiger partial charge on any atom is -0.333 e. The largest absolute Gasteiger partial charge is 0.333 e. The van der Waals surface area contributed by atoms with Gasteiger partial charge in [-0.2, -0.15) is 0 Å². The predicted molar refractivity (Wildman–Crippen MR) is 58.0 cm³/mol. The Labute approximate surface area is 86.0 Å². The van der Waals surface area contributed by atoms with E-state index in [2.05, 4.69) is 0 Å². The van der Waals surface area contributed by atoms with Gasteiger partial charge in [0, 0.05) is 26.8 Å². The zero-order valence-corrected chi connectivity index (χ0v) is 9.36. The van der Waals surface area contributed by atoms with Crippen molar-refractivity contribution in [2.24, 2.45) is 17.2 Å². The van der Waals surface area contributed by atoms with Crippen LogP contribution in [0.1, 0.15) is 13.3 Å². The van der Waals surface area contributed by atoms with Gasteiger partial charge in [0.2, 0.25) is 5.91 Å². The Hall–Kier alpha value is -0.690. The molecule has 0 fully saturated rings. The number of nitrogens with two attached hydrogens (primary N) is 3. The molecule has 0 aliphatic rings. The fourth-order valence-electron chi connectivity index (χ4n) is 0.446. The quantitative estimate of drug-likeness (QED) is 0.486. The topological polar surface area (TPSA) is 102 Å². The molecule has 0 bridgehead atoms. The van der Waals surface area contributed by atoms with Gasteiger partial charge in [-0.15, -0.1) is 0 Å². The minimum atomic E-state index is 0.0903. The molecule has 14 heavy (non-hydrogen) atoms. The van der Waals surface area contributed by atoms with Crippen LogP contribution >= 0.6 is 0 Å². The first-order chi connectivity index (χ1) is 6.53. The van der Waals surface area contributed by atoms with E-state index >= 15 is 0 Å². The van der Waals surface area contributed by atoms with Crippen LogP contribution in [0.2, 0.25) is 0 Å².